The second-order valence-electron chi connectivity index (χ2n) is 12.9. The van der Waals surface area contributed by atoms with Crippen molar-refractivity contribution >= 4 is 29.4 Å². The zero-order chi connectivity index (χ0) is 29.3. The molecular formula is C29H51N3O6. The Morgan fingerprint density at radius 1 is 1.05 bits per heavy atom. The highest BCUT2D eigenvalue weighted by Crippen LogP contribution is 2.27. The summed E-state index contributed by atoms with van der Waals surface area (Å²) in [5.41, 5.74) is -0.667. The summed E-state index contributed by atoms with van der Waals surface area (Å²) in [7, 11) is 0. The highest BCUT2D eigenvalue weighted by atomic mass is 16.5. The van der Waals surface area contributed by atoms with E-state index in [-0.39, 0.29) is 71.5 Å². The molecule has 0 aromatic heterocycles. The number of carbonyl (C=O) groups excluding carboxylic acids is 5. The number of hydrogen-bond donors (Lipinski definition) is 1. The van der Waals surface area contributed by atoms with Crippen molar-refractivity contribution in [2.45, 2.75) is 88.0 Å². The summed E-state index contributed by atoms with van der Waals surface area (Å²) in [6.45, 7) is 20.1. The number of carbonyl (C=O) groups is 5. The normalized spacial score (nSPS) is 18.3. The van der Waals surface area contributed by atoms with Crippen LogP contribution in [0.2, 0.25) is 0 Å². The minimum absolute atomic E-state index is 0.0239. The molecule has 4 amide bonds. The summed E-state index contributed by atoms with van der Waals surface area (Å²) in [6.07, 6.45) is 1.95. The third kappa shape index (κ3) is 11.6. The zero-order valence-electron chi connectivity index (χ0n) is 25.1. The van der Waals surface area contributed by atoms with E-state index in [4.69, 9.17) is 4.74 Å². The fourth-order valence-corrected chi connectivity index (χ4v) is 3.89. The first-order chi connectivity index (χ1) is 17.5. The average molecular weight is 538 g/mol. The van der Waals surface area contributed by atoms with Gasteiger partial charge >= 0.3 is 0 Å². The topological polar surface area (TPSA) is 113 Å². The molecule has 38 heavy (non-hydrogen) atoms. The van der Waals surface area contributed by atoms with Gasteiger partial charge in [0.25, 0.3) is 0 Å². The van der Waals surface area contributed by atoms with Crippen LogP contribution in [-0.4, -0.2) is 78.6 Å². The minimum Gasteiger partial charge on any atom is -0.380 e. The number of ether oxygens (including phenoxy) is 1. The molecule has 2 aliphatic rings. The lowest BCUT2D eigenvalue weighted by Crippen LogP contribution is -2.53. The molecule has 1 unspecified atom stereocenters. The Hall–Kier alpha value is -2.29. The molecular weight excluding hydrogens is 486 g/mol. The largest absolute Gasteiger partial charge is 0.380 e. The number of nitrogens with zero attached hydrogens (tertiary/aromatic N) is 2. The van der Waals surface area contributed by atoms with Crippen LogP contribution in [0.1, 0.15) is 88.0 Å². The van der Waals surface area contributed by atoms with Crippen LogP contribution in [0.5, 0.6) is 0 Å². The average Bonchev–Trinajstić information content (AvgIpc) is 3.00. The van der Waals surface area contributed by atoms with E-state index in [2.05, 4.69) is 26.1 Å². The molecule has 9 heteroatoms. The molecule has 1 N–H and O–H groups in total. The molecule has 2 heterocycles. The first-order valence-electron chi connectivity index (χ1n) is 13.9. The van der Waals surface area contributed by atoms with E-state index >= 15 is 0 Å². The van der Waals surface area contributed by atoms with E-state index in [0.717, 1.165) is 5.92 Å². The predicted molar refractivity (Wildman–Crippen MR) is 147 cm³/mol. The molecule has 2 fully saturated rings. The monoisotopic (exact) mass is 537 g/mol. The van der Waals surface area contributed by atoms with Crippen LogP contribution >= 0.6 is 0 Å². The summed E-state index contributed by atoms with van der Waals surface area (Å²) < 4.78 is 5.89. The number of Topliss-reactive ketones (excluding diaryl/α,β-unsaturated/α-hetero) is 1. The number of amides is 4. The molecule has 1 atom stereocenters. The lowest BCUT2D eigenvalue weighted by Gasteiger charge is -2.39. The highest BCUT2D eigenvalue weighted by molar-refractivity contribution is 6.03. The molecule has 9 nitrogen and oxygen atoms in total. The summed E-state index contributed by atoms with van der Waals surface area (Å²) in [5.74, 6) is 0.0743. The van der Waals surface area contributed by atoms with Crippen molar-refractivity contribution in [1.29, 1.82) is 0 Å². The fraction of sp³-hybridized carbons (Fsp3) is 0.828. The number of likely N-dealkylation sites (tertiary alicyclic amines) is 2. The Morgan fingerprint density at radius 2 is 1.61 bits per heavy atom. The predicted octanol–water partition coefficient (Wildman–Crippen LogP) is 3.45. The van der Waals surface area contributed by atoms with Gasteiger partial charge in [-0.2, -0.15) is 0 Å². The Bertz CT molecular complexity index is 845. The highest BCUT2D eigenvalue weighted by Gasteiger charge is 2.37. The van der Waals surface area contributed by atoms with Crippen molar-refractivity contribution in [3.05, 3.63) is 0 Å². The second kappa shape index (κ2) is 14.8. The van der Waals surface area contributed by atoms with Crippen LogP contribution in [0.4, 0.5) is 0 Å². The Balaban J connectivity index is 0.00000132. The maximum atomic E-state index is 12.4. The Kier molecular flexibility index (Phi) is 13.1. The third-order valence-corrected chi connectivity index (χ3v) is 7.04. The number of rotatable bonds is 13. The van der Waals surface area contributed by atoms with Crippen molar-refractivity contribution in [3.8, 4) is 0 Å². The van der Waals surface area contributed by atoms with Gasteiger partial charge in [-0.25, -0.2) is 0 Å². The van der Waals surface area contributed by atoms with Gasteiger partial charge in [0.15, 0.2) is 0 Å². The van der Waals surface area contributed by atoms with Crippen molar-refractivity contribution in [2.75, 3.05) is 39.4 Å². The molecule has 0 aromatic rings. The molecule has 218 valence electrons. The maximum Gasteiger partial charge on any atom is 0.232 e. The van der Waals surface area contributed by atoms with E-state index in [1.807, 2.05) is 27.7 Å². The summed E-state index contributed by atoms with van der Waals surface area (Å²) in [4.78, 5) is 62.6. The van der Waals surface area contributed by atoms with Gasteiger partial charge in [-0.3, -0.25) is 28.9 Å². The van der Waals surface area contributed by atoms with Crippen LogP contribution in [0.3, 0.4) is 0 Å². The standard InChI is InChI=1S/C24H39N3O6.C5H12/c1-16-9-20(30)27(22(16)32)8-7-19(29)25-13-24(5,6)15-33-14-23(3,4)10-21(31)26-11-18(12-26)17(2)28;1-4-5(2)3/h16,18H,7-15H2,1-6H3,(H,25,29);5H,4H2,1-3H3. The minimum atomic E-state index is -0.344. The van der Waals surface area contributed by atoms with E-state index in [1.54, 1.807) is 18.7 Å². The molecule has 0 saturated carbocycles. The van der Waals surface area contributed by atoms with Crippen LogP contribution in [0, 0.1) is 28.6 Å². The van der Waals surface area contributed by atoms with Gasteiger partial charge in [-0.1, -0.05) is 61.8 Å². The van der Waals surface area contributed by atoms with Crippen molar-refractivity contribution in [1.82, 2.24) is 15.1 Å². The van der Waals surface area contributed by atoms with E-state index in [0.29, 0.717) is 39.3 Å². The maximum absolute atomic E-state index is 12.4. The van der Waals surface area contributed by atoms with Crippen LogP contribution in [-0.2, 0) is 28.7 Å². The van der Waals surface area contributed by atoms with Crippen LogP contribution < -0.4 is 5.32 Å². The Morgan fingerprint density at radius 3 is 2.08 bits per heavy atom. The van der Waals surface area contributed by atoms with E-state index in [9.17, 15) is 24.0 Å². The summed E-state index contributed by atoms with van der Waals surface area (Å²) in [5, 5.41) is 2.85. The smallest absolute Gasteiger partial charge is 0.232 e. The van der Waals surface area contributed by atoms with Gasteiger partial charge in [0.1, 0.15) is 5.78 Å². The van der Waals surface area contributed by atoms with Gasteiger partial charge in [-0.15, -0.1) is 0 Å². The van der Waals surface area contributed by atoms with Crippen molar-refractivity contribution in [3.63, 3.8) is 0 Å². The molecule has 2 rings (SSSR count). The molecule has 2 saturated heterocycles. The molecule has 0 aromatic carbocycles. The zero-order valence-corrected chi connectivity index (χ0v) is 25.1. The number of ketones is 1. The van der Waals surface area contributed by atoms with Gasteiger partial charge in [0.05, 0.1) is 19.1 Å². The summed E-state index contributed by atoms with van der Waals surface area (Å²) >= 11 is 0. The molecule has 2 aliphatic heterocycles. The van der Waals surface area contributed by atoms with Crippen LogP contribution in [0.15, 0.2) is 0 Å². The third-order valence-electron chi connectivity index (χ3n) is 7.04. The first kappa shape index (κ1) is 33.7. The molecule has 0 aliphatic carbocycles. The number of nitrogens with one attached hydrogen (secondary N) is 1. The van der Waals surface area contributed by atoms with Crippen molar-refractivity contribution in [2.24, 2.45) is 28.6 Å². The number of hydrogen-bond acceptors (Lipinski definition) is 6. The fourth-order valence-electron chi connectivity index (χ4n) is 3.89. The number of imide groups is 1. The first-order valence-corrected chi connectivity index (χ1v) is 13.9. The van der Waals surface area contributed by atoms with Gasteiger partial charge in [-0.05, 0) is 18.3 Å². The van der Waals surface area contributed by atoms with Gasteiger partial charge in [0, 0.05) is 56.8 Å². The molecule has 0 bridgehead atoms. The lowest BCUT2D eigenvalue weighted by molar-refractivity contribution is -0.144. The second-order valence-corrected chi connectivity index (χ2v) is 12.9. The lowest BCUT2D eigenvalue weighted by atomic mass is 9.87. The van der Waals surface area contributed by atoms with Crippen LogP contribution in [0.25, 0.3) is 0 Å². The van der Waals surface area contributed by atoms with Crippen molar-refractivity contribution < 1.29 is 28.7 Å². The SMILES string of the molecule is CC(=O)C1CN(C(=O)CC(C)(C)COCC(C)(C)CNC(=O)CCN2C(=O)CC(C)C2=O)C1.CCC(C)C. The van der Waals surface area contributed by atoms with E-state index < -0.39 is 0 Å². The quantitative estimate of drug-likeness (QED) is 0.360. The molecule has 0 spiro atoms. The molecule has 0 radical (unpaired) electrons. The van der Waals surface area contributed by atoms with Gasteiger partial charge in [0.2, 0.25) is 23.6 Å². The summed E-state index contributed by atoms with van der Waals surface area (Å²) in [6, 6.07) is 0. The van der Waals surface area contributed by atoms with Gasteiger partial charge < -0.3 is 15.0 Å². The Labute approximate surface area is 229 Å². The van der Waals surface area contributed by atoms with E-state index in [1.165, 1.54) is 11.3 Å².